The van der Waals surface area contributed by atoms with Crippen molar-refractivity contribution in [2.75, 3.05) is 6.61 Å². The summed E-state index contributed by atoms with van der Waals surface area (Å²) >= 11 is 0. The van der Waals surface area contributed by atoms with E-state index in [1.807, 2.05) is 0 Å². The van der Waals surface area contributed by atoms with E-state index < -0.39 is 23.9 Å². The zero-order chi connectivity index (χ0) is 24.1. The maximum Gasteiger partial charge on any atom is 0.573 e. The van der Waals surface area contributed by atoms with E-state index in [2.05, 4.69) is 20.0 Å². The van der Waals surface area contributed by atoms with Crippen LogP contribution in [0.4, 0.5) is 13.2 Å². The molecule has 13 heteroatoms. The fourth-order valence-corrected chi connectivity index (χ4v) is 3.55. The lowest BCUT2D eigenvalue weighted by Crippen LogP contribution is -2.22. The van der Waals surface area contributed by atoms with Gasteiger partial charge in [-0.25, -0.2) is 13.9 Å². The van der Waals surface area contributed by atoms with Crippen LogP contribution in [0.2, 0.25) is 0 Å². The quantitative estimate of drug-likeness (QED) is 0.431. The average molecular weight is 477 g/mol. The van der Waals surface area contributed by atoms with Gasteiger partial charge in [0.1, 0.15) is 12.3 Å². The van der Waals surface area contributed by atoms with Crippen LogP contribution in [0.3, 0.4) is 0 Å². The zero-order valence-electron chi connectivity index (χ0n) is 17.9. The van der Waals surface area contributed by atoms with Crippen LogP contribution >= 0.6 is 0 Å². The van der Waals surface area contributed by atoms with Crippen LogP contribution in [0.25, 0.3) is 16.8 Å². The number of nitrogens with zero attached hydrogens (tertiary/aromatic N) is 5. The molecule has 1 aliphatic heterocycles. The van der Waals surface area contributed by atoms with Gasteiger partial charge in [0.25, 0.3) is 5.89 Å². The van der Waals surface area contributed by atoms with Crippen LogP contribution in [0, 0.1) is 0 Å². The molecular weight excluding hydrogens is 459 g/mol. The highest BCUT2D eigenvalue weighted by Crippen LogP contribution is 2.32. The van der Waals surface area contributed by atoms with E-state index in [1.165, 1.54) is 33.3 Å². The van der Waals surface area contributed by atoms with E-state index in [1.54, 1.807) is 32.2 Å². The number of hydrogen-bond donors (Lipinski definition) is 0. The number of ether oxygens (including phenoxy) is 3. The first-order valence-corrected chi connectivity index (χ1v) is 10.2. The van der Waals surface area contributed by atoms with Crippen molar-refractivity contribution in [2.24, 2.45) is 0 Å². The highest BCUT2D eigenvalue weighted by molar-refractivity contribution is 5.65. The van der Waals surface area contributed by atoms with Crippen LogP contribution in [0.15, 0.2) is 51.9 Å². The largest absolute Gasteiger partial charge is 0.573 e. The van der Waals surface area contributed by atoms with Gasteiger partial charge in [0.15, 0.2) is 23.4 Å². The van der Waals surface area contributed by atoms with Gasteiger partial charge in [0, 0.05) is 6.20 Å². The lowest BCUT2D eigenvalue weighted by atomic mass is 10.1. The summed E-state index contributed by atoms with van der Waals surface area (Å²) in [5.41, 5.74) is 1.14. The van der Waals surface area contributed by atoms with Crippen LogP contribution < -0.4 is 10.4 Å². The summed E-state index contributed by atoms with van der Waals surface area (Å²) < 4.78 is 59.9. The topological polar surface area (TPSA) is 106 Å². The predicted octanol–water partition coefficient (Wildman–Crippen LogP) is 3.32. The molecule has 0 radical (unpaired) electrons. The van der Waals surface area contributed by atoms with Crippen molar-refractivity contribution in [2.45, 2.75) is 38.6 Å². The molecule has 5 rings (SSSR count). The standard InChI is InChI=1S/C21H18F3N5O5/c1-20(2)31-11-15(33-20)18-25-16(27-34-18)10-29-19(30)28-9-13(5-8-17(28)26-29)12-3-6-14(7-4-12)32-21(22,23)24/h3-9,15H,10-11H2,1-2H3. The molecule has 34 heavy (non-hydrogen) atoms. The first-order chi connectivity index (χ1) is 16.1. The third-order valence-electron chi connectivity index (χ3n) is 5.06. The summed E-state index contributed by atoms with van der Waals surface area (Å²) in [5, 5.41) is 8.16. The molecular formula is C21H18F3N5O5. The van der Waals surface area contributed by atoms with E-state index in [9.17, 15) is 18.0 Å². The van der Waals surface area contributed by atoms with Gasteiger partial charge in [-0.1, -0.05) is 17.3 Å². The van der Waals surface area contributed by atoms with Gasteiger partial charge in [-0.3, -0.25) is 0 Å². The first kappa shape index (κ1) is 22.1. The predicted molar refractivity (Wildman–Crippen MR) is 109 cm³/mol. The number of halogens is 3. The minimum absolute atomic E-state index is 0.0280. The van der Waals surface area contributed by atoms with E-state index in [4.69, 9.17) is 14.0 Å². The summed E-state index contributed by atoms with van der Waals surface area (Å²) in [7, 11) is 0. The van der Waals surface area contributed by atoms with Crippen molar-refractivity contribution in [3.05, 3.63) is 64.8 Å². The molecule has 178 valence electrons. The summed E-state index contributed by atoms with van der Waals surface area (Å²) in [6.45, 7) is 3.80. The summed E-state index contributed by atoms with van der Waals surface area (Å²) in [6.07, 6.45) is -3.71. The van der Waals surface area contributed by atoms with Crippen LogP contribution in [-0.4, -0.2) is 43.1 Å². The van der Waals surface area contributed by atoms with E-state index >= 15 is 0 Å². The van der Waals surface area contributed by atoms with E-state index in [0.717, 1.165) is 0 Å². The maximum atomic E-state index is 12.9. The molecule has 10 nitrogen and oxygen atoms in total. The summed E-state index contributed by atoms with van der Waals surface area (Å²) in [5.74, 6) is -0.590. The monoisotopic (exact) mass is 477 g/mol. The van der Waals surface area contributed by atoms with Gasteiger partial charge < -0.3 is 18.7 Å². The number of pyridine rings is 1. The summed E-state index contributed by atoms with van der Waals surface area (Å²) in [4.78, 5) is 17.1. The van der Waals surface area contributed by atoms with Crippen molar-refractivity contribution in [3.8, 4) is 16.9 Å². The second-order valence-electron chi connectivity index (χ2n) is 8.02. The van der Waals surface area contributed by atoms with Crippen LogP contribution in [-0.2, 0) is 16.0 Å². The Morgan fingerprint density at radius 3 is 2.56 bits per heavy atom. The zero-order valence-corrected chi connectivity index (χ0v) is 17.9. The third kappa shape index (κ3) is 4.52. The van der Waals surface area contributed by atoms with Gasteiger partial charge in [-0.15, -0.1) is 18.3 Å². The van der Waals surface area contributed by atoms with Crippen LogP contribution in [0.5, 0.6) is 5.75 Å². The number of hydrogen-bond acceptors (Lipinski definition) is 8. The van der Waals surface area contributed by atoms with Crippen molar-refractivity contribution >= 4 is 5.65 Å². The van der Waals surface area contributed by atoms with Crippen LogP contribution in [0.1, 0.15) is 31.7 Å². The molecule has 3 aromatic heterocycles. The maximum absolute atomic E-state index is 12.9. The molecule has 0 aliphatic carbocycles. The molecule has 4 heterocycles. The number of alkyl halides is 3. The second kappa shape index (κ2) is 7.95. The molecule has 0 N–H and O–H groups in total. The Morgan fingerprint density at radius 2 is 1.88 bits per heavy atom. The molecule has 4 aromatic rings. The molecule has 0 bridgehead atoms. The Labute approximate surface area is 189 Å². The minimum atomic E-state index is -4.77. The van der Waals surface area contributed by atoms with E-state index in [0.29, 0.717) is 16.8 Å². The number of fused-ring (bicyclic) bond motifs is 1. The molecule has 0 amide bonds. The number of aromatic nitrogens is 5. The van der Waals surface area contributed by atoms with Gasteiger partial charge in [-0.2, -0.15) is 4.98 Å². The molecule has 1 fully saturated rings. The van der Waals surface area contributed by atoms with Gasteiger partial charge in [0.2, 0.25) is 0 Å². The van der Waals surface area contributed by atoms with Crippen molar-refractivity contribution < 1.29 is 31.9 Å². The normalized spacial score (nSPS) is 18.0. The fourth-order valence-electron chi connectivity index (χ4n) is 3.55. The van der Waals surface area contributed by atoms with E-state index in [-0.39, 0.29) is 30.6 Å². The number of rotatable bonds is 5. The Balaban J connectivity index is 1.36. The highest BCUT2D eigenvalue weighted by atomic mass is 19.4. The molecule has 1 unspecified atom stereocenters. The number of benzene rings is 1. The van der Waals surface area contributed by atoms with Gasteiger partial charge >= 0.3 is 12.1 Å². The van der Waals surface area contributed by atoms with Gasteiger partial charge in [0.05, 0.1) is 6.61 Å². The smallest absolute Gasteiger partial charge is 0.406 e. The summed E-state index contributed by atoms with van der Waals surface area (Å²) in [6, 6.07) is 8.67. The lowest BCUT2D eigenvalue weighted by molar-refractivity contribution is -0.274. The third-order valence-corrected chi connectivity index (χ3v) is 5.06. The van der Waals surface area contributed by atoms with Crippen molar-refractivity contribution in [3.63, 3.8) is 0 Å². The highest BCUT2D eigenvalue weighted by Gasteiger charge is 2.37. The Morgan fingerprint density at radius 1 is 1.15 bits per heavy atom. The van der Waals surface area contributed by atoms with Crippen molar-refractivity contribution in [1.29, 1.82) is 0 Å². The second-order valence-corrected chi connectivity index (χ2v) is 8.02. The average Bonchev–Trinajstić information content (AvgIpc) is 3.46. The lowest BCUT2D eigenvalue weighted by Gasteiger charge is -2.15. The van der Waals surface area contributed by atoms with Gasteiger partial charge in [-0.05, 0) is 49.2 Å². The molecule has 1 saturated heterocycles. The molecule has 1 atom stereocenters. The molecule has 0 saturated carbocycles. The molecule has 0 spiro atoms. The molecule has 1 aliphatic rings. The SMILES string of the molecule is CC1(C)OCC(c2nc(Cn3nc4ccc(-c5ccc(OC(F)(F)F)cc5)cn4c3=O)no2)O1. The molecule has 1 aromatic carbocycles. The van der Waals surface area contributed by atoms with Crippen molar-refractivity contribution in [1.82, 2.24) is 24.3 Å². The Hall–Kier alpha value is -3.71. The first-order valence-electron chi connectivity index (χ1n) is 10.2. The Bertz CT molecular complexity index is 1390. The fraction of sp³-hybridized carbons (Fsp3) is 0.333. The Kier molecular flexibility index (Phi) is 5.17. The minimum Gasteiger partial charge on any atom is -0.406 e.